The van der Waals surface area contributed by atoms with Crippen LogP contribution in [0.1, 0.15) is 16.8 Å². The summed E-state index contributed by atoms with van der Waals surface area (Å²) in [7, 11) is 0. The Morgan fingerprint density at radius 3 is 3.00 bits per heavy atom. The summed E-state index contributed by atoms with van der Waals surface area (Å²) < 4.78 is 19.1. The Morgan fingerprint density at radius 2 is 2.26 bits per heavy atom. The average Bonchev–Trinajstić information content (AvgIpc) is 2.99. The Labute approximate surface area is 137 Å². The van der Waals surface area contributed by atoms with Gasteiger partial charge in [-0.1, -0.05) is 17.7 Å². The second kappa shape index (κ2) is 6.42. The number of phenolic OH excluding ortho intramolecular Hbond substituents is 1. The van der Waals surface area contributed by atoms with E-state index in [1.54, 1.807) is 18.3 Å². The minimum absolute atomic E-state index is 0.145. The SMILES string of the molecule is O=C(c1cc(F)cc(Cl)c1O)N1CC[C@@H](Oc2ccccn2)C1. The van der Waals surface area contributed by atoms with E-state index < -0.39 is 17.5 Å². The molecular formula is C16H14ClFN2O3. The van der Waals surface area contributed by atoms with Crippen LogP contribution in [0.3, 0.4) is 0 Å². The van der Waals surface area contributed by atoms with E-state index in [2.05, 4.69) is 4.98 Å². The number of ether oxygens (including phenoxy) is 1. The number of carbonyl (C=O) groups is 1. The normalized spacial score (nSPS) is 17.3. The van der Waals surface area contributed by atoms with Crippen LogP contribution in [0.5, 0.6) is 11.6 Å². The standard InChI is InChI=1S/C16H14ClFN2O3/c17-13-8-10(18)7-12(15(13)21)16(22)20-6-4-11(9-20)23-14-3-1-2-5-19-14/h1-3,5,7-8,11,21H,4,6,9H2/t11-/m1/s1. The highest BCUT2D eigenvalue weighted by Gasteiger charge is 2.30. The molecule has 1 N–H and O–H groups in total. The number of hydrogen-bond acceptors (Lipinski definition) is 4. The van der Waals surface area contributed by atoms with E-state index in [-0.39, 0.29) is 16.7 Å². The second-order valence-electron chi connectivity index (χ2n) is 5.23. The lowest BCUT2D eigenvalue weighted by Crippen LogP contribution is -2.31. The maximum atomic E-state index is 13.4. The molecule has 1 fully saturated rings. The molecule has 0 saturated carbocycles. The van der Waals surface area contributed by atoms with Gasteiger partial charge in [0.15, 0.2) is 0 Å². The fourth-order valence-electron chi connectivity index (χ4n) is 2.50. The molecule has 5 nitrogen and oxygen atoms in total. The topological polar surface area (TPSA) is 62.7 Å². The summed E-state index contributed by atoms with van der Waals surface area (Å²) in [4.78, 5) is 18.0. The average molecular weight is 337 g/mol. The van der Waals surface area contributed by atoms with Crippen LogP contribution < -0.4 is 4.74 Å². The van der Waals surface area contributed by atoms with Crippen LogP contribution in [0.4, 0.5) is 4.39 Å². The van der Waals surface area contributed by atoms with Crippen molar-refractivity contribution in [2.75, 3.05) is 13.1 Å². The van der Waals surface area contributed by atoms with Crippen molar-refractivity contribution in [2.45, 2.75) is 12.5 Å². The fourth-order valence-corrected chi connectivity index (χ4v) is 2.70. The van der Waals surface area contributed by atoms with E-state index in [1.807, 2.05) is 6.07 Å². The third kappa shape index (κ3) is 3.37. The third-order valence-electron chi connectivity index (χ3n) is 3.62. The number of rotatable bonds is 3. The molecule has 23 heavy (non-hydrogen) atoms. The number of hydrogen-bond donors (Lipinski definition) is 1. The lowest BCUT2D eigenvalue weighted by atomic mass is 10.1. The molecule has 0 spiro atoms. The maximum Gasteiger partial charge on any atom is 0.257 e. The second-order valence-corrected chi connectivity index (χ2v) is 5.64. The summed E-state index contributed by atoms with van der Waals surface area (Å²) in [6.45, 7) is 0.785. The van der Waals surface area contributed by atoms with E-state index >= 15 is 0 Å². The molecule has 2 heterocycles. The van der Waals surface area contributed by atoms with Crippen molar-refractivity contribution in [3.63, 3.8) is 0 Å². The molecule has 7 heteroatoms. The van der Waals surface area contributed by atoms with Gasteiger partial charge in [-0.25, -0.2) is 9.37 Å². The van der Waals surface area contributed by atoms with Gasteiger partial charge in [-0.15, -0.1) is 0 Å². The molecule has 1 atom stereocenters. The summed E-state index contributed by atoms with van der Waals surface area (Å²) in [6.07, 6.45) is 2.06. The molecule has 1 amide bonds. The molecule has 1 saturated heterocycles. The molecule has 2 aromatic rings. The highest BCUT2D eigenvalue weighted by Crippen LogP contribution is 2.30. The number of pyridine rings is 1. The van der Waals surface area contributed by atoms with Gasteiger partial charge in [0.2, 0.25) is 5.88 Å². The highest BCUT2D eigenvalue weighted by molar-refractivity contribution is 6.32. The molecule has 1 aliphatic heterocycles. The number of halogens is 2. The molecule has 3 rings (SSSR count). The first-order chi connectivity index (χ1) is 11.0. The lowest BCUT2D eigenvalue weighted by Gasteiger charge is -2.18. The molecule has 1 aliphatic rings. The maximum absolute atomic E-state index is 13.4. The summed E-state index contributed by atoms with van der Waals surface area (Å²) in [5.41, 5.74) is -0.145. The zero-order chi connectivity index (χ0) is 16.4. The number of benzene rings is 1. The number of carbonyl (C=O) groups excluding carboxylic acids is 1. The van der Waals surface area contributed by atoms with Gasteiger partial charge in [0.1, 0.15) is 17.7 Å². The van der Waals surface area contributed by atoms with Crippen LogP contribution in [0.15, 0.2) is 36.5 Å². The predicted molar refractivity (Wildman–Crippen MR) is 82.2 cm³/mol. The van der Waals surface area contributed by atoms with Crippen LogP contribution >= 0.6 is 11.6 Å². The Bertz CT molecular complexity index is 727. The van der Waals surface area contributed by atoms with E-state index in [0.29, 0.717) is 25.4 Å². The van der Waals surface area contributed by atoms with Crippen molar-refractivity contribution >= 4 is 17.5 Å². The van der Waals surface area contributed by atoms with Crippen LogP contribution in [0.2, 0.25) is 5.02 Å². The van der Waals surface area contributed by atoms with Crippen LogP contribution in [0, 0.1) is 5.82 Å². The molecule has 1 aromatic carbocycles. The molecule has 1 aromatic heterocycles. The summed E-state index contributed by atoms with van der Waals surface area (Å²) in [6, 6.07) is 7.28. The van der Waals surface area contributed by atoms with Crippen molar-refractivity contribution in [3.05, 3.63) is 52.9 Å². The Morgan fingerprint density at radius 1 is 1.43 bits per heavy atom. The molecule has 0 unspecified atom stereocenters. The molecule has 0 radical (unpaired) electrons. The highest BCUT2D eigenvalue weighted by atomic mass is 35.5. The van der Waals surface area contributed by atoms with Crippen LogP contribution in [-0.2, 0) is 0 Å². The Kier molecular flexibility index (Phi) is 4.34. The van der Waals surface area contributed by atoms with E-state index in [0.717, 1.165) is 12.1 Å². The van der Waals surface area contributed by atoms with Gasteiger partial charge < -0.3 is 14.7 Å². The number of aromatic nitrogens is 1. The van der Waals surface area contributed by atoms with Crippen molar-refractivity contribution in [3.8, 4) is 11.6 Å². The number of amides is 1. The first kappa shape index (κ1) is 15.6. The Hall–Kier alpha value is -2.34. The zero-order valence-corrected chi connectivity index (χ0v) is 12.8. The largest absolute Gasteiger partial charge is 0.506 e. The fraction of sp³-hybridized carbons (Fsp3) is 0.250. The van der Waals surface area contributed by atoms with Gasteiger partial charge in [0, 0.05) is 25.2 Å². The van der Waals surface area contributed by atoms with Crippen LogP contribution in [-0.4, -0.2) is 40.1 Å². The number of nitrogens with zero attached hydrogens (tertiary/aromatic N) is 2. The zero-order valence-electron chi connectivity index (χ0n) is 12.1. The smallest absolute Gasteiger partial charge is 0.257 e. The van der Waals surface area contributed by atoms with Crippen LogP contribution in [0.25, 0.3) is 0 Å². The van der Waals surface area contributed by atoms with Gasteiger partial charge in [0.25, 0.3) is 5.91 Å². The van der Waals surface area contributed by atoms with Gasteiger partial charge in [-0.2, -0.15) is 0 Å². The molecular weight excluding hydrogens is 323 g/mol. The van der Waals surface area contributed by atoms with E-state index in [1.165, 1.54) is 4.90 Å². The van der Waals surface area contributed by atoms with Gasteiger partial charge in [-0.3, -0.25) is 4.79 Å². The minimum atomic E-state index is -0.670. The van der Waals surface area contributed by atoms with E-state index in [4.69, 9.17) is 16.3 Å². The lowest BCUT2D eigenvalue weighted by molar-refractivity contribution is 0.0767. The number of likely N-dealkylation sites (tertiary alicyclic amines) is 1. The van der Waals surface area contributed by atoms with Gasteiger partial charge >= 0.3 is 0 Å². The summed E-state index contributed by atoms with van der Waals surface area (Å²) >= 11 is 5.71. The first-order valence-corrected chi connectivity index (χ1v) is 7.47. The minimum Gasteiger partial charge on any atom is -0.506 e. The van der Waals surface area contributed by atoms with Crippen molar-refractivity contribution < 1.29 is 19.0 Å². The summed E-state index contributed by atoms with van der Waals surface area (Å²) in [5.74, 6) is -1.07. The van der Waals surface area contributed by atoms with E-state index in [9.17, 15) is 14.3 Å². The van der Waals surface area contributed by atoms with Gasteiger partial charge in [-0.05, 0) is 18.2 Å². The summed E-state index contributed by atoms with van der Waals surface area (Å²) in [5, 5.41) is 9.68. The molecule has 0 aliphatic carbocycles. The number of phenols is 1. The third-order valence-corrected chi connectivity index (χ3v) is 3.90. The van der Waals surface area contributed by atoms with Crippen molar-refractivity contribution in [2.24, 2.45) is 0 Å². The predicted octanol–water partition coefficient (Wildman–Crippen LogP) is 2.87. The molecule has 0 bridgehead atoms. The monoisotopic (exact) mass is 336 g/mol. The quantitative estimate of drug-likeness (QED) is 0.936. The van der Waals surface area contributed by atoms with Crippen molar-refractivity contribution in [1.82, 2.24) is 9.88 Å². The van der Waals surface area contributed by atoms with Gasteiger partial charge in [0.05, 0.1) is 17.1 Å². The Balaban J connectivity index is 1.70. The van der Waals surface area contributed by atoms with Crippen molar-refractivity contribution in [1.29, 1.82) is 0 Å². The molecule has 120 valence electrons. The first-order valence-electron chi connectivity index (χ1n) is 7.09. The number of aromatic hydroxyl groups is 1.